The first-order valence-electron chi connectivity index (χ1n) is 10.3. The van der Waals surface area contributed by atoms with Gasteiger partial charge in [0.1, 0.15) is 0 Å². The molecule has 0 aromatic heterocycles. The third kappa shape index (κ3) is 6.39. The van der Waals surface area contributed by atoms with E-state index in [1.165, 1.54) is 0 Å². The average Bonchev–Trinajstić information content (AvgIpc) is 2.80. The molecule has 3 aromatic carbocycles. The van der Waals surface area contributed by atoms with Crippen LogP contribution in [-0.4, -0.2) is 42.1 Å². The van der Waals surface area contributed by atoms with Crippen LogP contribution in [0, 0.1) is 6.92 Å². The highest BCUT2D eigenvalue weighted by molar-refractivity contribution is 6.33. The van der Waals surface area contributed by atoms with Crippen molar-refractivity contribution in [1.82, 2.24) is 4.90 Å². The van der Waals surface area contributed by atoms with Crippen LogP contribution in [0.5, 0.6) is 0 Å². The minimum absolute atomic E-state index is 0.317. The fourth-order valence-corrected chi connectivity index (χ4v) is 4.19. The number of benzene rings is 3. The standard InChI is InChI=1S/C19H20Cl2N2O2.C6H5Cl/c1-13-6-7-17(16(21)12-13)22-8-10-23(11-9-22)19(25)18(24)14-4-2-3-5-15(14)20;7-6-4-2-1-3-5-6/h2-7,12,18,24H,8-11H2,1H3;1-5H. The van der Waals surface area contributed by atoms with Crippen LogP contribution in [0.15, 0.2) is 72.8 Å². The second-order valence-corrected chi connectivity index (χ2v) is 8.74. The lowest BCUT2D eigenvalue weighted by molar-refractivity contribution is -0.140. The molecule has 1 aliphatic rings. The van der Waals surface area contributed by atoms with Crippen molar-refractivity contribution >= 4 is 46.4 Å². The molecule has 0 radical (unpaired) electrons. The number of carbonyl (C=O) groups excluding carboxylic acids is 1. The molecular formula is C25H25Cl3N2O2. The van der Waals surface area contributed by atoms with Gasteiger partial charge in [-0.1, -0.05) is 77.3 Å². The Bertz CT molecular complexity index is 1040. The minimum Gasteiger partial charge on any atom is -0.378 e. The van der Waals surface area contributed by atoms with Gasteiger partial charge in [-0.3, -0.25) is 4.79 Å². The maximum absolute atomic E-state index is 12.6. The lowest BCUT2D eigenvalue weighted by atomic mass is 10.1. The summed E-state index contributed by atoms with van der Waals surface area (Å²) < 4.78 is 0. The molecule has 1 aliphatic heterocycles. The average molecular weight is 492 g/mol. The molecule has 1 N–H and O–H groups in total. The molecule has 1 amide bonds. The first-order valence-corrected chi connectivity index (χ1v) is 11.4. The molecule has 4 nitrogen and oxygen atoms in total. The number of anilines is 1. The number of carbonyl (C=O) groups is 1. The lowest BCUT2D eigenvalue weighted by Gasteiger charge is -2.37. The summed E-state index contributed by atoms with van der Waals surface area (Å²) in [5, 5.41) is 12.3. The Morgan fingerprint density at radius 3 is 2.03 bits per heavy atom. The van der Waals surface area contributed by atoms with Gasteiger partial charge in [0.2, 0.25) is 0 Å². The maximum atomic E-state index is 12.6. The largest absolute Gasteiger partial charge is 0.378 e. The van der Waals surface area contributed by atoms with Gasteiger partial charge in [0.05, 0.1) is 10.7 Å². The molecule has 1 saturated heterocycles. The molecule has 7 heteroatoms. The topological polar surface area (TPSA) is 43.8 Å². The molecule has 0 aliphatic carbocycles. The predicted octanol–water partition coefficient (Wildman–Crippen LogP) is 6.02. The van der Waals surface area contributed by atoms with Gasteiger partial charge >= 0.3 is 0 Å². The SMILES string of the molecule is Cc1ccc(N2CCN(C(=O)C(O)c3ccccc3Cl)CC2)c(Cl)c1.Clc1ccccc1. The monoisotopic (exact) mass is 490 g/mol. The minimum atomic E-state index is -1.23. The second-order valence-electron chi connectivity index (χ2n) is 7.49. The van der Waals surface area contributed by atoms with Crippen LogP contribution in [0.2, 0.25) is 15.1 Å². The molecule has 3 aromatic rings. The predicted molar refractivity (Wildman–Crippen MR) is 133 cm³/mol. The smallest absolute Gasteiger partial charge is 0.256 e. The van der Waals surface area contributed by atoms with E-state index in [-0.39, 0.29) is 5.91 Å². The molecule has 1 heterocycles. The van der Waals surface area contributed by atoms with E-state index < -0.39 is 6.10 Å². The van der Waals surface area contributed by atoms with Crippen LogP contribution < -0.4 is 4.90 Å². The maximum Gasteiger partial charge on any atom is 0.256 e. The van der Waals surface area contributed by atoms with Gasteiger partial charge in [0.25, 0.3) is 5.91 Å². The highest BCUT2D eigenvalue weighted by Gasteiger charge is 2.28. The second kappa shape index (κ2) is 11.6. The van der Waals surface area contributed by atoms with E-state index in [0.717, 1.165) is 21.3 Å². The summed E-state index contributed by atoms with van der Waals surface area (Å²) in [5.74, 6) is -0.317. The van der Waals surface area contributed by atoms with Gasteiger partial charge in [0.15, 0.2) is 6.10 Å². The Morgan fingerprint density at radius 1 is 0.844 bits per heavy atom. The number of aryl methyl sites for hydroxylation is 1. The molecule has 168 valence electrons. The third-order valence-electron chi connectivity index (χ3n) is 5.20. The molecule has 0 bridgehead atoms. The van der Waals surface area contributed by atoms with Crippen molar-refractivity contribution in [3.05, 3.63) is 99.0 Å². The Hall–Kier alpha value is -2.24. The van der Waals surface area contributed by atoms with Gasteiger partial charge in [-0.05, 0) is 42.8 Å². The van der Waals surface area contributed by atoms with Crippen molar-refractivity contribution in [2.75, 3.05) is 31.1 Å². The lowest BCUT2D eigenvalue weighted by Crippen LogP contribution is -2.50. The van der Waals surface area contributed by atoms with Crippen LogP contribution >= 0.6 is 34.8 Å². The van der Waals surface area contributed by atoms with Crippen LogP contribution in [0.1, 0.15) is 17.2 Å². The van der Waals surface area contributed by atoms with Gasteiger partial charge < -0.3 is 14.9 Å². The highest BCUT2D eigenvalue weighted by Crippen LogP contribution is 2.29. The number of aliphatic hydroxyl groups excluding tert-OH is 1. The summed E-state index contributed by atoms with van der Waals surface area (Å²) in [6, 6.07) is 22.3. The van der Waals surface area contributed by atoms with Crippen LogP contribution in [0.4, 0.5) is 5.69 Å². The Labute approximate surface area is 203 Å². The van der Waals surface area contributed by atoms with Crippen LogP contribution in [0.25, 0.3) is 0 Å². The fourth-order valence-electron chi connectivity index (χ4n) is 3.45. The van der Waals surface area contributed by atoms with Crippen molar-refractivity contribution in [1.29, 1.82) is 0 Å². The quantitative estimate of drug-likeness (QED) is 0.487. The van der Waals surface area contributed by atoms with E-state index in [1.807, 2.05) is 55.5 Å². The summed E-state index contributed by atoms with van der Waals surface area (Å²) in [5.41, 5.74) is 2.54. The molecule has 0 spiro atoms. The van der Waals surface area contributed by atoms with E-state index in [0.29, 0.717) is 36.8 Å². The van der Waals surface area contributed by atoms with Crippen molar-refractivity contribution in [3.8, 4) is 0 Å². The molecule has 1 fully saturated rings. The zero-order valence-corrected chi connectivity index (χ0v) is 20.0. The van der Waals surface area contributed by atoms with Gasteiger partial charge in [-0.25, -0.2) is 0 Å². The zero-order chi connectivity index (χ0) is 23.1. The fraction of sp³-hybridized carbons (Fsp3) is 0.240. The van der Waals surface area contributed by atoms with Gasteiger partial charge in [-0.2, -0.15) is 0 Å². The van der Waals surface area contributed by atoms with E-state index in [2.05, 4.69) is 4.90 Å². The van der Waals surface area contributed by atoms with Crippen LogP contribution in [0.3, 0.4) is 0 Å². The van der Waals surface area contributed by atoms with Gasteiger partial charge in [-0.15, -0.1) is 0 Å². The number of nitrogens with zero attached hydrogens (tertiary/aromatic N) is 2. The van der Waals surface area contributed by atoms with E-state index in [1.54, 1.807) is 29.2 Å². The number of aliphatic hydroxyl groups is 1. The molecule has 32 heavy (non-hydrogen) atoms. The number of piperazine rings is 1. The molecule has 4 rings (SSSR count). The van der Waals surface area contributed by atoms with Crippen molar-refractivity contribution in [3.63, 3.8) is 0 Å². The Morgan fingerprint density at radius 2 is 1.47 bits per heavy atom. The number of amides is 1. The zero-order valence-electron chi connectivity index (χ0n) is 17.7. The van der Waals surface area contributed by atoms with Gasteiger partial charge in [0, 0.05) is 41.8 Å². The normalized spacial score (nSPS) is 14.4. The van der Waals surface area contributed by atoms with E-state index in [4.69, 9.17) is 34.8 Å². The molecule has 1 atom stereocenters. The molecule has 0 saturated carbocycles. The van der Waals surface area contributed by atoms with E-state index in [9.17, 15) is 9.90 Å². The number of halogens is 3. The Balaban J connectivity index is 0.000000352. The van der Waals surface area contributed by atoms with Crippen molar-refractivity contribution in [2.24, 2.45) is 0 Å². The molecule has 1 unspecified atom stereocenters. The Kier molecular flexibility index (Phi) is 8.83. The number of rotatable bonds is 3. The summed E-state index contributed by atoms with van der Waals surface area (Å²) in [6.45, 7) is 4.41. The van der Waals surface area contributed by atoms with Crippen LogP contribution in [-0.2, 0) is 4.79 Å². The van der Waals surface area contributed by atoms with Crippen molar-refractivity contribution < 1.29 is 9.90 Å². The summed E-state index contributed by atoms with van der Waals surface area (Å²) in [6.07, 6.45) is -1.23. The summed E-state index contributed by atoms with van der Waals surface area (Å²) in [4.78, 5) is 16.4. The number of hydrogen-bond donors (Lipinski definition) is 1. The van der Waals surface area contributed by atoms with E-state index >= 15 is 0 Å². The highest BCUT2D eigenvalue weighted by atomic mass is 35.5. The van der Waals surface area contributed by atoms with Crippen molar-refractivity contribution in [2.45, 2.75) is 13.0 Å². The third-order valence-corrected chi connectivity index (χ3v) is 6.10. The summed E-state index contributed by atoms with van der Waals surface area (Å²) >= 11 is 18.0. The first kappa shape index (κ1) is 24.4. The number of hydrogen-bond acceptors (Lipinski definition) is 3. The summed E-state index contributed by atoms with van der Waals surface area (Å²) in [7, 11) is 0. The molecular weight excluding hydrogens is 467 g/mol. The first-order chi connectivity index (χ1) is 15.4.